The van der Waals surface area contributed by atoms with Gasteiger partial charge in [-0.1, -0.05) is 49.4 Å². The van der Waals surface area contributed by atoms with Crippen molar-refractivity contribution in [1.82, 2.24) is 0 Å². The summed E-state index contributed by atoms with van der Waals surface area (Å²) in [5, 5.41) is 2.93. The highest BCUT2D eigenvalue weighted by Crippen LogP contribution is 2.54. The molecule has 0 radical (unpaired) electrons. The fraction of sp³-hybridized carbons (Fsp3) is 0.194. The second-order valence-electron chi connectivity index (χ2n) is 9.39. The van der Waals surface area contributed by atoms with Crippen LogP contribution in [0.15, 0.2) is 95.9 Å². The number of hydrogen-bond acceptors (Lipinski definition) is 6. The molecule has 1 aliphatic rings. The lowest BCUT2D eigenvalue weighted by molar-refractivity contribution is 0.102. The second kappa shape index (κ2) is 10.9. The van der Waals surface area contributed by atoms with Gasteiger partial charge in [-0.15, -0.1) is 0 Å². The number of anilines is 2. The summed E-state index contributed by atoms with van der Waals surface area (Å²) in [6.45, 7) is 1.97. The number of benzene rings is 4. The molecule has 0 saturated carbocycles. The zero-order chi connectivity index (χ0) is 28.4. The van der Waals surface area contributed by atoms with E-state index in [2.05, 4.69) is 5.32 Å². The Hall–Kier alpha value is -4.50. The highest BCUT2D eigenvalue weighted by Gasteiger charge is 2.45. The Labute approximate surface area is 234 Å². The summed E-state index contributed by atoms with van der Waals surface area (Å²) in [6, 6.07) is 25.5. The fourth-order valence-corrected chi connectivity index (χ4v) is 6.91. The van der Waals surface area contributed by atoms with Crippen LogP contribution in [0, 0.1) is 0 Å². The molecule has 0 aliphatic carbocycles. The molecule has 4 aromatic carbocycles. The standard InChI is InChI=1S/C31H30N2O6S/c1-20-24-18-25(32-31(34)21-11-7-5-8-12-21)28(38-3)19-26(24)33(40(35,36)23-13-9-6-10-14-23)30(20)22-15-16-27(37-2)29(17-22)39-4/h5-20,30H,1-4H3,(H,32,34). The number of sulfonamides is 1. The summed E-state index contributed by atoms with van der Waals surface area (Å²) in [4.78, 5) is 13.2. The fourth-order valence-electron chi connectivity index (χ4n) is 5.16. The summed E-state index contributed by atoms with van der Waals surface area (Å²) in [5.74, 6) is 0.795. The maximum Gasteiger partial charge on any atom is 0.264 e. The van der Waals surface area contributed by atoms with E-state index in [0.717, 1.165) is 11.1 Å². The molecule has 5 rings (SSSR count). The van der Waals surface area contributed by atoms with Crippen LogP contribution in [0.5, 0.6) is 17.2 Å². The summed E-state index contributed by atoms with van der Waals surface area (Å²) >= 11 is 0. The lowest BCUT2D eigenvalue weighted by atomic mass is 9.91. The van der Waals surface area contributed by atoms with Gasteiger partial charge in [-0.2, -0.15) is 0 Å². The summed E-state index contributed by atoms with van der Waals surface area (Å²) < 4.78 is 46.5. The summed E-state index contributed by atoms with van der Waals surface area (Å²) in [6.07, 6.45) is 0. The van der Waals surface area contributed by atoms with Gasteiger partial charge in [0.2, 0.25) is 0 Å². The van der Waals surface area contributed by atoms with Gasteiger partial charge in [-0.25, -0.2) is 8.42 Å². The first-order chi connectivity index (χ1) is 19.3. The van der Waals surface area contributed by atoms with Crippen LogP contribution >= 0.6 is 0 Å². The number of methoxy groups -OCH3 is 3. The lowest BCUT2D eigenvalue weighted by Crippen LogP contribution is -2.33. The van der Waals surface area contributed by atoms with E-state index in [-0.39, 0.29) is 16.7 Å². The third-order valence-corrected chi connectivity index (χ3v) is 8.95. The van der Waals surface area contributed by atoms with Gasteiger partial charge in [0.15, 0.2) is 11.5 Å². The molecule has 1 heterocycles. The molecule has 2 unspecified atom stereocenters. The minimum absolute atomic E-state index is 0.168. The molecular formula is C31H30N2O6S. The number of nitrogens with one attached hydrogen (secondary N) is 1. The van der Waals surface area contributed by atoms with Crippen molar-refractivity contribution in [2.45, 2.75) is 23.8 Å². The van der Waals surface area contributed by atoms with Crippen LogP contribution < -0.4 is 23.8 Å². The molecule has 0 spiro atoms. The highest BCUT2D eigenvalue weighted by molar-refractivity contribution is 7.92. The van der Waals surface area contributed by atoms with Gasteiger partial charge in [0.05, 0.1) is 43.6 Å². The van der Waals surface area contributed by atoms with E-state index < -0.39 is 16.1 Å². The van der Waals surface area contributed by atoms with Gasteiger partial charge in [0, 0.05) is 17.5 Å². The van der Waals surface area contributed by atoms with E-state index in [4.69, 9.17) is 14.2 Å². The number of carbonyl (C=O) groups is 1. The number of nitrogens with zero attached hydrogens (tertiary/aromatic N) is 1. The Bertz CT molecular complexity index is 1640. The van der Waals surface area contributed by atoms with E-state index in [1.54, 1.807) is 93.1 Å². The number of amides is 1. The van der Waals surface area contributed by atoms with Gasteiger partial charge in [-0.05, 0) is 53.6 Å². The van der Waals surface area contributed by atoms with Crippen molar-refractivity contribution < 1.29 is 27.4 Å². The molecule has 1 aliphatic heterocycles. The second-order valence-corrected chi connectivity index (χ2v) is 11.2. The largest absolute Gasteiger partial charge is 0.494 e. The van der Waals surface area contributed by atoms with Crippen LogP contribution in [0.3, 0.4) is 0 Å². The Kier molecular flexibility index (Phi) is 7.40. The molecule has 1 amide bonds. The van der Waals surface area contributed by atoms with Crippen molar-refractivity contribution >= 4 is 27.3 Å². The van der Waals surface area contributed by atoms with E-state index in [1.165, 1.54) is 11.4 Å². The molecule has 40 heavy (non-hydrogen) atoms. The molecule has 0 aromatic heterocycles. The van der Waals surface area contributed by atoms with Crippen LogP contribution in [-0.4, -0.2) is 35.7 Å². The molecule has 0 saturated heterocycles. The van der Waals surface area contributed by atoms with Crippen molar-refractivity contribution in [3.8, 4) is 17.2 Å². The Morgan fingerprint density at radius 1 is 0.775 bits per heavy atom. The number of hydrogen-bond donors (Lipinski definition) is 1. The normalized spacial score (nSPS) is 16.2. The first-order valence-corrected chi connectivity index (χ1v) is 14.1. The summed E-state index contributed by atoms with van der Waals surface area (Å²) in [7, 11) is 0.575. The molecule has 9 heteroatoms. The van der Waals surface area contributed by atoms with Crippen LogP contribution in [-0.2, 0) is 10.0 Å². The third kappa shape index (κ3) is 4.73. The van der Waals surface area contributed by atoms with Crippen molar-refractivity contribution in [1.29, 1.82) is 0 Å². The van der Waals surface area contributed by atoms with Crippen LogP contribution in [0.25, 0.3) is 0 Å². The van der Waals surface area contributed by atoms with E-state index >= 15 is 0 Å². The number of fused-ring (bicyclic) bond motifs is 1. The van der Waals surface area contributed by atoms with Gasteiger partial charge in [0.1, 0.15) is 5.75 Å². The molecule has 8 nitrogen and oxygen atoms in total. The van der Waals surface area contributed by atoms with Crippen molar-refractivity contribution in [2.75, 3.05) is 31.0 Å². The molecular weight excluding hydrogens is 528 g/mol. The van der Waals surface area contributed by atoms with Crippen molar-refractivity contribution in [2.24, 2.45) is 0 Å². The van der Waals surface area contributed by atoms with E-state index in [9.17, 15) is 13.2 Å². The quantitative estimate of drug-likeness (QED) is 0.284. The maximum absolute atomic E-state index is 14.2. The molecule has 0 bridgehead atoms. The van der Waals surface area contributed by atoms with Gasteiger partial charge >= 0.3 is 0 Å². The molecule has 0 fully saturated rings. The Morgan fingerprint density at radius 3 is 2.02 bits per heavy atom. The van der Waals surface area contributed by atoms with E-state index in [1.807, 2.05) is 19.1 Å². The van der Waals surface area contributed by atoms with Crippen molar-refractivity contribution in [3.05, 3.63) is 108 Å². The smallest absolute Gasteiger partial charge is 0.264 e. The third-order valence-electron chi connectivity index (χ3n) is 7.14. The average molecular weight is 559 g/mol. The van der Waals surface area contributed by atoms with Gasteiger partial charge in [-0.3, -0.25) is 9.10 Å². The van der Waals surface area contributed by atoms with Gasteiger partial charge < -0.3 is 19.5 Å². The first-order valence-electron chi connectivity index (χ1n) is 12.7. The molecule has 206 valence electrons. The molecule has 2 atom stereocenters. The van der Waals surface area contributed by atoms with Crippen molar-refractivity contribution in [3.63, 3.8) is 0 Å². The zero-order valence-electron chi connectivity index (χ0n) is 22.6. The Balaban J connectivity index is 1.67. The molecule has 1 N–H and O–H groups in total. The van der Waals surface area contributed by atoms with E-state index in [0.29, 0.717) is 34.2 Å². The monoisotopic (exact) mass is 558 g/mol. The van der Waals surface area contributed by atoms with Gasteiger partial charge in [0.25, 0.3) is 15.9 Å². The lowest BCUT2D eigenvalue weighted by Gasteiger charge is -2.29. The predicted octanol–water partition coefficient (Wildman–Crippen LogP) is 6.02. The first kappa shape index (κ1) is 27.1. The minimum atomic E-state index is -4.00. The Morgan fingerprint density at radius 2 is 1.40 bits per heavy atom. The van der Waals surface area contributed by atoms with Crippen LogP contribution in [0.1, 0.15) is 40.4 Å². The molecule has 4 aromatic rings. The topological polar surface area (TPSA) is 94.2 Å². The average Bonchev–Trinajstić information content (AvgIpc) is 3.28. The minimum Gasteiger partial charge on any atom is -0.494 e. The van der Waals surface area contributed by atoms with Crippen LogP contribution in [0.2, 0.25) is 0 Å². The highest BCUT2D eigenvalue weighted by atomic mass is 32.2. The SMILES string of the molecule is COc1cc2c(cc1NC(=O)c1ccccc1)C(C)C(c1ccc(OC)c(OC)c1)N2S(=O)(=O)c1ccccc1. The van der Waals surface area contributed by atoms with Crippen LogP contribution in [0.4, 0.5) is 11.4 Å². The number of carbonyl (C=O) groups excluding carboxylic acids is 1. The number of rotatable bonds is 8. The summed E-state index contributed by atoms with van der Waals surface area (Å²) in [5.41, 5.74) is 2.91. The number of ether oxygens (including phenoxy) is 3. The predicted molar refractivity (Wildman–Crippen MR) is 154 cm³/mol. The zero-order valence-corrected chi connectivity index (χ0v) is 23.4. The maximum atomic E-state index is 14.2.